The molecule has 1 aromatic heterocycles. The number of hydrogen-bond donors (Lipinski definition) is 2. The van der Waals surface area contributed by atoms with E-state index in [9.17, 15) is 19.8 Å². The second-order valence-electron chi connectivity index (χ2n) is 7.97. The molecule has 1 fully saturated rings. The lowest BCUT2D eigenvalue weighted by molar-refractivity contribution is -0.153. The highest BCUT2D eigenvalue weighted by Crippen LogP contribution is 2.34. The summed E-state index contributed by atoms with van der Waals surface area (Å²) in [5, 5.41) is 22.7. The molecule has 3 rings (SSSR count). The smallest absolute Gasteiger partial charge is 0.255 e. The summed E-state index contributed by atoms with van der Waals surface area (Å²) in [4.78, 5) is 30.0. The van der Waals surface area contributed by atoms with Gasteiger partial charge in [0.05, 0.1) is 6.04 Å². The number of nitrogens with zero attached hydrogens (tertiary/aromatic N) is 2. The third-order valence-corrected chi connectivity index (χ3v) is 6.55. The minimum Gasteiger partial charge on any atom is -0.382 e. The van der Waals surface area contributed by atoms with Gasteiger partial charge in [-0.3, -0.25) is 9.59 Å². The standard InChI is InChI=1S/C23H30N2O4S/c1-24(2)17-8-3-7-16(15-17)19-11-5-13-25(19)23(29)22(28)21(27)20(26)12-4-9-18-10-6-14-30-18/h3,6-8,10,14-15,19,21-22,27-28H,4-5,9,11-13H2,1-2H3/t19?,21-,22+/m0/s1. The highest BCUT2D eigenvalue weighted by molar-refractivity contribution is 7.09. The molecular weight excluding hydrogens is 400 g/mol. The molecule has 1 amide bonds. The molecule has 6 nitrogen and oxygen atoms in total. The van der Waals surface area contributed by atoms with Crippen LogP contribution in [0, 0.1) is 0 Å². The van der Waals surface area contributed by atoms with E-state index in [1.54, 1.807) is 16.2 Å². The van der Waals surface area contributed by atoms with Gasteiger partial charge in [0, 0.05) is 37.6 Å². The molecule has 30 heavy (non-hydrogen) atoms. The maximum atomic E-state index is 12.9. The molecule has 1 unspecified atom stereocenters. The number of aliphatic hydroxyl groups excluding tert-OH is 2. The van der Waals surface area contributed by atoms with E-state index in [4.69, 9.17) is 0 Å². The van der Waals surface area contributed by atoms with Crippen LogP contribution in [0.4, 0.5) is 5.69 Å². The van der Waals surface area contributed by atoms with Crippen molar-refractivity contribution in [3.05, 3.63) is 52.2 Å². The van der Waals surface area contributed by atoms with E-state index in [-0.39, 0.29) is 12.5 Å². The first-order valence-electron chi connectivity index (χ1n) is 10.4. The Balaban J connectivity index is 1.60. The van der Waals surface area contributed by atoms with Crippen molar-refractivity contribution < 1.29 is 19.8 Å². The van der Waals surface area contributed by atoms with Crippen LogP contribution in [0.25, 0.3) is 0 Å². The van der Waals surface area contributed by atoms with Gasteiger partial charge in [0.1, 0.15) is 6.10 Å². The van der Waals surface area contributed by atoms with Gasteiger partial charge >= 0.3 is 0 Å². The van der Waals surface area contributed by atoms with E-state index in [0.717, 1.165) is 30.5 Å². The Hall–Kier alpha value is -2.22. The second-order valence-corrected chi connectivity index (χ2v) is 9.00. The second kappa shape index (κ2) is 10.2. The quantitative estimate of drug-likeness (QED) is 0.639. The summed E-state index contributed by atoms with van der Waals surface area (Å²) >= 11 is 1.62. The van der Waals surface area contributed by atoms with Crippen molar-refractivity contribution in [1.29, 1.82) is 0 Å². The monoisotopic (exact) mass is 430 g/mol. The summed E-state index contributed by atoms with van der Waals surface area (Å²) < 4.78 is 0. The van der Waals surface area contributed by atoms with Gasteiger partial charge in [-0.1, -0.05) is 18.2 Å². The highest BCUT2D eigenvalue weighted by Gasteiger charge is 2.38. The van der Waals surface area contributed by atoms with Crippen LogP contribution >= 0.6 is 11.3 Å². The maximum Gasteiger partial charge on any atom is 0.255 e. The summed E-state index contributed by atoms with van der Waals surface area (Å²) in [6, 6.07) is 11.8. The predicted octanol–water partition coefficient (Wildman–Crippen LogP) is 2.79. The number of likely N-dealkylation sites (tertiary alicyclic amines) is 1. The molecule has 0 radical (unpaired) electrons. The van der Waals surface area contributed by atoms with E-state index in [2.05, 4.69) is 0 Å². The third-order valence-electron chi connectivity index (χ3n) is 5.62. The zero-order valence-electron chi connectivity index (χ0n) is 17.5. The molecule has 7 heteroatoms. The molecular formula is C23H30N2O4S. The topological polar surface area (TPSA) is 81.1 Å². The van der Waals surface area contributed by atoms with Crippen LogP contribution in [-0.2, 0) is 16.0 Å². The van der Waals surface area contributed by atoms with Gasteiger partial charge in [-0.2, -0.15) is 0 Å². The molecule has 2 heterocycles. The van der Waals surface area contributed by atoms with E-state index in [0.29, 0.717) is 13.0 Å². The number of anilines is 1. The number of aliphatic hydroxyl groups is 2. The van der Waals surface area contributed by atoms with E-state index in [1.165, 1.54) is 4.88 Å². The van der Waals surface area contributed by atoms with Crippen LogP contribution < -0.4 is 4.90 Å². The molecule has 3 atom stereocenters. The minimum atomic E-state index is -1.73. The van der Waals surface area contributed by atoms with Crippen LogP contribution in [0.5, 0.6) is 0 Å². The predicted molar refractivity (Wildman–Crippen MR) is 119 cm³/mol. The Kier molecular flexibility index (Phi) is 7.64. The Morgan fingerprint density at radius 3 is 2.70 bits per heavy atom. The van der Waals surface area contributed by atoms with Crippen molar-refractivity contribution in [3.63, 3.8) is 0 Å². The lowest BCUT2D eigenvalue weighted by atomic mass is 10.0. The summed E-state index contributed by atoms with van der Waals surface area (Å²) in [6.07, 6.45) is -0.331. The summed E-state index contributed by atoms with van der Waals surface area (Å²) in [7, 11) is 3.92. The van der Waals surface area contributed by atoms with Crippen LogP contribution in [0.15, 0.2) is 41.8 Å². The molecule has 1 aliphatic rings. The number of carbonyl (C=O) groups excluding carboxylic acids is 2. The number of amides is 1. The maximum absolute atomic E-state index is 12.9. The van der Waals surface area contributed by atoms with Gasteiger partial charge in [0.2, 0.25) is 0 Å². The van der Waals surface area contributed by atoms with Gasteiger partial charge < -0.3 is 20.0 Å². The van der Waals surface area contributed by atoms with Crippen LogP contribution in [-0.4, -0.2) is 59.7 Å². The van der Waals surface area contributed by atoms with E-state index < -0.39 is 23.9 Å². The Bertz CT molecular complexity index is 853. The number of Topliss-reactive ketones (excluding diaryl/α,β-unsaturated/α-hetero) is 1. The van der Waals surface area contributed by atoms with Gasteiger partial charge in [0.25, 0.3) is 5.91 Å². The first-order chi connectivity index (χ1) is 14.4. The number of thiophene rings is 1. The summed E-state index contributed by atoms with van der Waals surface area (Å²) in [5.74, 6) is -1.07. The van der Waals surface area contributed by atoms with Crippen molar-refractivity contribution >= 4 is 28.7 Å². The number of carbonyl (C=O) groups is 2. The van der Waals surface area contributed by atoms with E-state index >= 15 is 0 Å². The van der Waals surface area contributed by atoms with Gasteiger partial charge in [0.15, 0.2) is 11.9 Å². The molecule has 0 aliphatic carbocycles. The Morgan fingerprint density at radius 2 is 2.00 bits per heavy atom. The molecule has 2 N–H and O–H groups in total. The number of aryl methyl sites for hydroxylation is 1. The minimum absolute atomic E-state index is 0.137. The molecule has 1 aromatic carbocycles. The van der Waals surface area contributed by atoms with Crippen LogP contribution in [0.2, 0.25) is 0 Å². The first-order valence-corrected chi connectivity index (χ1v) is 11.3. The largest absolute Gasteiger partial charge is 0.382 e. The fourth-order valence-electron chi connectivity index (χ4n) is 3.91. The average Bonchev–Trinajstić information content (AvgIpc) is 3.44. The van der Waals surface area contributed by atoms with Gasteiger partial charge in [-0.15, -0.1) is 11.3 Å². The fraction of sp³-hybridized carbons (Fsp3) is 0.478. The molecule has 1 saturated heterocycles. The molecule has 0 saturated carbocycles. The highest BCUT2D eigenvalue weighted by atomic mass is 32.1. The SMILES string of the molecule is CN(C)c1cccc(C2CCCN2C(=O)[C@H](O)[C@@H](O)C(=O)CCCc2cccs2)c1. The normalized spacial score (nSPS) is 18.3. The molecule has 1 aliphatic heterocycles. The first kappa shape index (κ1) is 22.5. The molecule has 0 bridgehead atoms. The van der Waals surface area contributed by atoms with Gasteiger partial charge in [-0.05, 0) is 54.8 Å². The number of ketones is 1. The zero-order chi connectivity index (χ0) is 21.7. The summed E-state index contributed by atoms with van der Waals surface area (Å²) in [6.45, 7) is 0.506. The number of hydrogen-bond acceptors (Lipinski definition) is 6. The van der Waals surface area contributed by atoms with Crippen molar-refractivity contribution in [1.82, 2.24) is 4.90 Å². The number of rotatable bonds is 9. The van der Waals surface area contributed by atoms with Crippen molar-refractivity contribution in [3.8, 4) is 0 Å². The van der Waals surface area contributed by atoms with Crippen molar-refractivity contribution in [2.45, 2.75) is 50.4 Å². The molecule has 2 aromatic rings. The lowest BCUT2D eigenvalue weighted by Crippen LogP contribution is -2.47. The lowest BCUT2D eigenvalue weighted by Gasteiger charge is -2.29. The fourth-order valence-corrected chi connectivity index (χ4v) is 4.66. The van der Waals surface area contributed by atoms with E-state index in [1.807, 2.05) is 60.8 Å². The summed E-state index contributed by atoms with van der Waals surface area (Å²) in [5.41, 5.74) is 2.03. The zero-order valence-corrected chi connectivity index (χ0v) is 18.3. The average molecular weight is 431 g/mol. The third kappa shape index (κ3) is 5.28. The molecule has 162 valence electrons. The van der Waals surface area contributed by atoms with Crippen LogP contribution in [0.3, 0.4) is 0 Å². The van der Waals surface area contributed by atoms with Crippen LogP contribution in [0.1, 0.15) is 42.2 Å². The molecule has 0 spiro atoms. The van der Waals surface area contributed by atoms with Crippen molar-refractivity contribution in [2.24, 2.45) is 0 Å². The van der Waals surface area contributed by atoms with Crippen molar-refractivity contribution in [2.75, 3.05) is 25.5 Å². The Labute approximate surface area is 181 Å². The van der Waals surface area contributed by atoms with Gasteiger partial charge in [-0.25, -0.2) is 0 Å². The Morgan fingerprint density at radius 1 is 1.20 bits per heavy atom. The number of benzene rings is 1.